The Kier molecular flexibility index (Phi) is 4.16. The minimum atomic E-state index is 0.263. The third kappa shape index (κ3) is 2.65. The van der Waals surface area contributed by atoms with Crippen molar-refractivity contribution in [2.45, 2.75) is 18.2 Å². The topological polar surface area (TPSA) is 0 Å². The average molecular weight is 366 g/mol. The van der Waals surface area contributed by atoms with Gasteiger partial charge in [0.1, 0.15) is 0 Å². The van der Waals surface area contributed by atoms with E-state index in [-0.39, 0.29) is 4.83 Å². The Hall–Kier alpha value is -0.830. The molecular weight excluding hydrogens is 352 g/mol. The lowest BCUT2D eigenvalue weighted by Crippen LogP contribution is -1.95. The molecule has 102 valence electrons. The van der Waals surface area contributed by atoms with Gasteiger partial charge in [-0.05, 0) is 40.6 Å². The van der Waals surface area contributed by atoms with E-state index in [2.05, 4.69) is 70.7 Å². The molecule has 0 saturated heterocycles. The molecule has 1 aromatic heterocycles. The number of hydrogen-bond donors (Lipinski definition) is 0. The van der Waals surface area contributed by atoms with Crippen LogP contribution in [0.3, 0.4) is 0 Å². The molecule has 3 rings (SSSR count). The van der Waals surface area contributed by atoms with Gasteiger partial charge in [0.15, 0.2) is 0 Å². The van der Waals surface area contributed by atoms with Crippen LogP contribution in [0.15, 0.2) is 47.8 Å². The smallest absolute Gasteiger partial charge is 0.0585 e. The van der Waals surface area contributed by atoms with E-state index in [1.54, 1.807) is 11.3 Å². The van der Waals surface area contributed by atoms with E-state index in [4.69, 9.17) is 11.6 Å². The van der Waals surface area contributed by atoms with E-state index < -0.39 is 0 Å². The van der Waals surface area contributed by atoms with Crippen LogP contribution in [0.25, 0.3) is 10.8 Å². The lowest BCUT2D eigenvalue weighted by atomic mass is 10.0. The molecule has 1 unspecified atom stereocenters. The Morgan fingerprint density at radius 2 is 1.90 bits per heavy atom. The van der Waals surface area contributed by atoms with Crippen LogP contribution in [-0.4, -0.2) is 0 Å². The Morgan fingerprint density at radius 1 is 1.15 bits per heavy atom. The summed E-state index contributed by atoms with van der Waals surface area (Å²) in [7, 11) is 0. The van der Waals surface area contributed by atoms with Crippen molar-refractivity contribution in [3.05, 3.63) is 68.9 Å². The predicted octanol–water partition coefficient (Wildman–Crippen LogP) is 6.54. The highest BCUT2D eigenvalue weighted by Gasteiger charge is 2.16. The van der Waals surface area contributed by atoms with Crippen LogP contribution < -0.4 is 0 Å². The van der Waals surface area contributed by atoms with Gasteiger partial charge >= 0.3 is 0 Å². The van der Waals surface area contributed by atoms with Gasteiger partial charge in [0.2, 0.25) is 0 Å². The van der Waals surface area contributed by atoms with E-state index >= 15 is 0 Å². The lowest BCUT2D eigenvalue weighted by molar-refractivity contribution is 0.978. The van der Waals surface area contributed by atoms with Gasteiger partial charge in [0.25, 0.3) is 0 Å². The van der Waals surface area contributed by atoms with Gasteiger partial charge in [0.05, 0.1) is 9.85 Å². The summed E-state index contributed by atoms with van der Waals surface area (Å²) in [5, 5.41) is 5.63. The van der Waals surface area contributed by atoms with Crippen LogP contribution in [0.2, 0.25) is 5.02 Å². The van der Waals surface area contributed by atoms with Crippen molar-refractivity contribution >= 4 is 49.6 Å². The molecule has 0 radical (unpaired) electrons. The van der Waals surface area contributed by atoms with Crippen LogP contribution in [0, 0.1) is 6.92 Å². The first kappa shape index (κ1) is 14.1. The molecule has 3 heteroatoms. The van der Waals surface area contributed by atoms with Crippen LogP contribution >= 0.6 is 38.9 Å². The van der Waals surface area contributed by atoms with Gasteiger partial charge in [-0.25, -0.2) is 0 Å². The van der Waals surface area contributed by atoms with Crippen molar-refractivity contribution in [1.29, 1.82) is 0 Å². The molecule has 3 aromatic rings. The van der Waals surface area contributed by atoms with E-state index in [1.807, 2.05) is 0 Å². The number of fused-ring (bicyclic) bond motifs is 1. The van der Waals surface area contributed by atoms with E-state index in [9.17, 15) is 0 Å². The summed E-state index contributed by atoms with van der Waals surface area (Å²) in [5.41, 5.74) is 2.51. The Balaban J connectivity index is 1.95. The third-order valence-corrected chi connectivity index (χ3v) is 6.40. The first-order valence-corrected chi connectivity index (χ1v) is 8.68. The van der Waals surface area contributed by atoms with Crippen LogP contribution in [-0.2, 0) is 6.42 Å². The van der Waals surface area contributed by atoms with Crippen molar-refractivity contribution in [1.82, 2.24) is 0 Å². The molecule has 0 nitrogen and oxygen atoms in total. The molecule has 1 heterocycles. The van der Waals surface area contributed by atoms with E-state index in [0.717, 1.165) is 17.0 Å². The Morgan fingerprint density at radius 3 is 2.65 bits per heavy atom. The van der Waals surface area contributed by atoms with Gasteiger partial charge in [-0.1, -0.05) is 70.0 Å². The molecule has 0 amide bonds. The highest BCUT2D eigenvalue weighted by molar-refractivity contribution is 9.09. The molecule has 0 fully saturated rings. The summed E-state index contributed by atoms with van der Waals surface area (Å²) in [6, 6.07) is 15.0. The maximum absolute atomic E-state index is 6.37. The maximum atomic E-state index is 6.37. The first-order valence-electron chi connectivity index (χ1n) is 6.51. The standard InChI is InChI=1S/C17H14BrClS/c1-11-10-20-17(16(11)19)15(18)9-13-7-4-6-12-5-2-3-8-14(12)13/h2-8,10,15H,9H2,1H3. The SMILES string of the molecule is Cc1csc(C(Br)Cc2cccc3ccccc23)c1Cl. The monoisotopic (exact) mass is 364 g/mol. The zero-order valence-electron chi connectivity index (χ0n) is 11.1. The third-order valence-electron chi connectivity index (χ3n) is 3.49. The van der Waals surface area contributed by atoms with E-state index in [1.165, 1.54) is 21.2 Å². The summed E-state index contributed by atoms with van der Waals surface area (Å²) in [6.07, 6.45) is 0.945. The van der Waals surface area contributed by atoms with Gasteiger partial charge in [-0.2, -0.15) is 0 Å². The number of benzene rings is 2. The first-order chi connectivity index (χ1) is 9.66. The lowest BCUT2D eigenvalue weighted by Gasteiger charge is -2.11. The fraction of sp³-hybridized carbons (Fsp3) is 0.176. The second-order valence-electron chi connectivity index (χ2n) is 4.91. The highest BCUT2D eigenvalue weighted by Crippen LogP contribution is 2.39. The molecule has 2 aromatic carbocycles. The molecule has 0 bridgehead atoms. The fourth-order valence-electron chi connectivity index (χ4n) is 2.42. The van der Waals surface area contributed by atoms with Gasteiger partial charge in [-0.3, -0.25) is 0 Å². The number of thiophene rings is 1. The van der Waals surface area contributed by atoms with Crippen molar-refractivity contribution in [3.63, 3.8) is 0 Å². The second-order valence-corrected chi connectivity index (χ2v) is 7.30. The van der Waals surface area contributed by atoms with Gasteiger partial charge in [0, 0.05) is 4.88 Å². The quantitative estimate of drug-likeness (QED) is 0.462. The molecule has 20 heavy (non-hydrogen) atoms. The minimum absolute atomic E-state index is 0.263. The zero-order chi connectivity index (χ0) is 14.1. The normalized spacial score (nSPS) is 12.8. The van der Waals surface area contributed by atoms with E-state index in [0.29, 0.717) is 0 Å². The number of rotatable bonds is 3. The maximum Gasteiger partial charge on any atom is 0.0585 e. The molecule has 0 N–H and O–H groups in total. The van der Waals surface area contributed by atoms with Gasteiger partial charge < -0.3 is 0 Å². The summed E-state index contributed by atoms with van der Waals surface area (Å²) >= 11 is 11.9. The molecule has 0 spiro atoms. The number of hydrogen-bond acceptors (Lipinski definition) is 1. The number of aryl methyl sites for hydroxylation is 1. The Bertz CT molecular complexity index is 742. The summed E-state index contributed by atoms with van der Waals surface area (Å²) in [5.74, 6) is 0. The van der Waals surface area contributed by atoms with Crippen molar-refractivity contribution in [3.8, 4) is 0 Å². The highest BCUT2D eigenvalue weighted by atomic mass is 79.9. The van der Waals surface area contributed by atoms with Crippen LogP contribution in [0.5, 0.6) is 0 Å². The predicted molar refractivity (Wildman–Crippen MR) is 93.4 cm³/mol. The largest absolute Gasteiger partial charge is 0.146 e. The summed E-state index contributed by atoms with van der Waals surface area (Å²) in [4.78, 5) is 1.48. The van der Waals surface area contributed by atoms with Gasteiger partial charge in [-0.15, -0.1) is 11.3 Å². The summed E-state index contributed by atoms with van der Waals surface area (Å²) < 4.78 is 0. The minimum Gasteiger partial charge on any atom is -0.146 e. The molecule has 1 atom stereocenters. The molecule has 0 aliphatic heterocycles. The summed E-state index contributed by atoms with van der Waals surface area (Å²) in [6.45, 7) is 2.06. The number of alkyl halides is 1. The van der Waals surface area contributed by atoms with Crippen molar-refractivity contribution < 1.29 is 0 Å². The second kappa shape index (κ2) is 5.88. The zero-order valence-corrected chi connectivity index (χ0v) is 14.2. The molecule has 0 aliphatic carbocycles. The van der Waals surface area contributed by atoms with Crippen LogP contribution in [0.4, 0.5) is 0 Å². The fourth-order valence-corrected chi connectivity index (χ4v) is 4.75. The molecule has 0 saturated carbocycles. The molecular formula is C17H14BrClS. The Labute approximate surface area is 136 Å². The van der Waals surface area contributed by atoms with Crippen LogP contribution in [0.1, 0.15) is 20.8 Å². The average Bonchev–Trinajstić information content (AvgIpc) is 2.79. The van der Waals surface area contributed by atoms with Crippen molar-refractivity contribution in [2.75, 3.05) is 0 Å². The molecule has 0 aliphatic rings. The number of halogens is 2. The van der Waals surface area contributed by atoms with Crippen molar-refractivity contribution in [2.24, 2.45) is 0 Å².